The van der Waals surface area contributed by atoms with E-state index >= 15 is 0 Å². The van der Waals surface area contributed by atoms with E-state index < -0.39 is 0 Å². The molecule has 0 spiro atoms. The molecule has 144 valence electrons. The van der Waals surface area contributed by atoms with E-state index in [4.69, 9.17) is 4.98 Å². The van der Waals surface area contributed by atoms with E-state index in [2.05, 4.69) is 70.7 Å². The van der Waals surface area contributed by atoms with Crippen molar-refractivity contribution >= 4 is 5.82 Å². The first-order valence-electron chi connectivity index (χ1n) is 10.1. The van der Waals surface area contributed by atoms with Crippen LogP contribution in [0.2, 0.25) is 0 Å². The van der Waals surface area contributed by atoms with Gasteiger partial charge in [0, 0.05) is 37.5 Å². The number of nitrogens with zero attached hydrogens (tertiary/aromatic N) is 3. The van der Waals surface area contributed by atoms with Crippen LogP contribution in [0.1, 0.15) is 47.0 Å². The van der Waals surface area contributed by atoms with Crippen LogP contribution >= 0.6 is 0 Å². The average molecular weight is 373 g/mol. The number of rotatable bonds is 6. The number of aryl methyl sites for hydroxylation is 1. The fourth-order valence-electron chi connectivity index (χ4n) is 4.06. The van der Waals surface area contributed by atoms with Crippen molar-refractivity contribution in [3.63, 3.8) is 0 Å². The largest absolute Gasteiger partial charge is 0.373 e. The molecule has 3 aromatic rings. The second kappa shape index (κ2) is 8.53. The molecule has 4 rings (SSSR count). The minimum atomic E-state index is 0.378. The summed E-state index contributed by atoms with van der Waals surface area (Å²) in [6.45, 7) is 4.13. The second-order valence-corrected chi connectivity index (χ2v) is 7.61. The summed E-state index contributed by atoms with van der Waals surface area (Å²) < 4.78 is 0. The molecule has 0 saturated carbocycles. The zero-order chi connectivity index (χ0) is 19.3. The molecule has 1 saturated heterocycles. The van der Waals surface area contributed by atoms with Crippen molar-refractivity contribution in [1.29, 1.82) is 0 Å². The molecule has 1 unspecified atom stereocenters. The summed E-state index contributed by atoms with van der Waals surface area (Å²) in [7, 11) is 1.93. The highest BCUT2D eigenvalue weighted by Gasteiger charge is 2.27. The summed E-state index contributed by atoms with van der Waals surface area (Å²) in [5, 5.41) is 3.21. The van der Waals surface area contributed by atoms with E-state index in [0.29, 0.717) is 6.04 Å². The SMILES string of the molecule is CNc1ncccc1CN1CCCC1c1cccc(Cc2ccc(C)cc2)n1. The van der Waals surface area contributed by atoms with Gasteiger partial charge in [-0.2, -0.15) is 0 Å². The molecule has 0 radical (unpaired) electrons. The van der Waals surface area contributed by atoms with Crippen LogP contribution in [0, 0.1) is 6.92 Å². The first kappa shape index (κ1) is 18.6. The molecule has 0 aliphatic carbocycles. The van der Waals surface area contributed by atoms with Gasteiger partial charge >= 0.3 is 0 Å². The highest BCUT2D eigenvalue weighted by Crippen LogP contribution is 2.33. The zero-order valence-corrected chi connectivity index (χ0v) is 16.7. The van der Waals surface area contributed by atoms with Gasteiger partial charge in [-0.3, -0.25) is 9.88 Å². The van der Waals surface area contributed by atoms with Crippen molar-refractivity contribution in [3.05, 3.63) is 88.9 Å². The predicted molar refractivity (Wildman–Crippen MR) is 114 cm³/mol. The fourth-order valence-corrected chi connectivity index (χ4v) is 4.06. The van der Waals surface area contributed by atoms with Crippen LogP contribution in [-0.2, 0) is 13.0 Å². The maximum atomic E-state index is 5.03. The summed E-state index contributed by atoms with van der Waals surface area (Å²) in [6.07, 6.45) is 5.10. The molecule has 4 nitrogen and oxygen atoms in total. The highest BCUT2D eigenvalue weighted by atomic mass is 15.2. The lowest BCUT2D eigenvalue weighted by atomic mass is 10.1. The van der Waals surface area contributed by atoms with Crippen LogP contribution in [0.5, 0.6) is 0 Å². The maximum absolute atomic E-state index is 5.03. The minimum absolute atomic E-state index is 0.378. The van der Waals surface area contributed by atoms with Gasteiger partial charge in [-0.25, -0.2) is 4.98 Å². The molecule has 3 heterocycles. The molecule has 1 N–H and O–H groups in total. The fraction of sp³-hybridized carbons (Fsp3) is 0.333. The third-order valence-electron chi connectivity index (χ3n) is 5.54. The lowest BCUT2D eigenvalue weighted by molar-refractivity contribution is 0.244. The normalized spacial score (nSPS) is 17.0. The Morgan fingerprint density at radius 1 is 1.07 bits per heavy atom. The third-order valence-corrected chi connectivity index (χ3v) is 5.54. The lowest BCUT2D eigenvalue weighted by Gasteiger charge is -2.25. The number of anilines is 1. The smallest absolute Gasteiger partial charge is 0.130 e. The van der Waals surface area contributed by atoms with Crippen molar-refractivity contribution in [3.8, 4) is 0 Å². The number of likely N-dealkylation sites (tertiary alicyclic amines) is 1. The van der Waals surface area contributed by atoms with Crippen molar-refractivity contribution in [2.24, 2.45) is 0 Å². The number of hydrogen-bond donors (Lipinski definition) is 1. The Labute approximate surface area is 167 Å². The topological polar surface area (TPSA) is 41.1 Å². The maximum Gasteiger partial charge on any atom is 0.130 e. The molecule has 1 aliphatic rings. The van der Waals surface area contributed by atoms with Gasteiger partial charge in [0.2, 0.25) is 0 Å². The number of aromatic nitrogens is 2. The van der Waals surface area contributed by atoms with E-state index in [1.54, 1.807) is 0 Å². The van der Waals surface area contributed by atoms with E-state index in [1.165, 1.54) is 28.8 Å². The van der Waals surface area contributed by atoms with Crippen LogP contribution < -0.4 is 5.32 Å². The quantitative estimate of drug-likeness (QED) is 0.678. The molecule has 2 aromatic heterocycles. The predicted octanol–water partition coefficient (Wildman–Crippen LogP) is 4.75. The number of pyridine rings is 2. The van der Waals surface area contributed by atoms with Gasteiger partial charge in [-0.1, -0.05) is 42.0 Å². The molecule has 4 heteroatoms. The van der Waals surface area contributed by atoms with Crippen LogP contribution in [0.15, 0.2) is 60.8 Å². The van der Waals surface area contributed by atoms with Crippen molar-refractivity contribution < 1.29 is 0 Å². The van der Waals surface area contributed by atoms with E-state index in [-0.39, 0.29) is 0 Å². The van der Waals surface area contributed by atoms with Crippen LogP contribution in [0.4, 0.5) is 5.82 Å². The molecule has 0 bridgehead atoms. The Hall–Kier alpha value is -2.72. The Balaban J connectivity index is 1.52. The van der Waals surface area contributed by atoms with Gasteiger partial charge < -0.3 is 5.32 Å². The molecule has 28 heavy (non-hydrogen) atoms. The molecule has 1 fully saturated rings. The van der Waals surface area contributed by atoms with Crippen LogP contribution in [-0.4, -0.2) is 28.5 Å². The van der Waals surface area contributed by atoms with Gasteiger partial charge in [0.05, 0.1) is 11.7 Å². The van der Waals surface area contributed by atoms with Crippen LogP contribution in [0.25, 0.3) is 0 Å². The Morgan fingerprint density at radius 2 is 1.93 bits per heavy atom. The number of nitrogens with one attached hydrogen (secondary N) is 1. The molecular weight excluding hydrogens is 344 g/mol. The first-order chi connectivity index (χ1) is 13.7. The van der Waals surface area contributed by atoms with E-state index in [1.807, 2.05) is 19.3 Å². The van der Waals surface area contributed by atoms with Crippen molar-refractivity contribution in [1.82, 2.24) is 14.9 Å². The van der Waals surface area contributed by atoms with Gasteiger partial charge in [-0.05, 0) is 50.1 Å². The Bertz CT molecular complexity index is 920. The third kappa shape index (κ3) is 4.23. The van der Waals surface area contributed by atoms with Crippen molar-refractivity contribution in [2.75, 3.05) is 18.9 Å². The minimum Gasteiger partial charge on any atom is -0.373 e. The lowest BCUT2D eigenvalue weighted by Crippen LogP contribution is -2.24. The summed E-state index contributed by atoms with van der Waals surface area (Å²) in [4.78, 5) is 12.0. The monoisotopic (exact) mass is 372 g/mol. The molecule has 1 aromatic carbocycles. The summed E-state index contributed by atoms with van der Waals surface area (Å²) in [5.41, 5.74) is 6.19. The summed E-state index contributed by atoms with van der Waals surface area (Å²) >= 11 is 0. The van der Waals surface area contributed by atoms with Gasteiger partial charge in [0.1, 0.15) is 5.82 Å². The highest BCUT2D eigenvalue weighted by molar-refractivity contribution is 5.43. The molecule has 1 aliphatic heterocycles. The first-order valence-corrected chi connectivity index (χ1v) is 10.1. The van der Waals surface area contributed by atoms with E-state index in [9.17, 15) is 0 Å². The second-order valence-electron chi connectivity index (χ2n) is 7.61. The molecule has 1 atom stereocenters. The van der Waals surface area contributed by atoms with Gasteiger partial charge in [0.15, 0.2) is 0 Å². The summed E-state index contributed by atoms with van der Waals surface area (Å²) in [5.74, 6) is 0.967. The number of hydrogen-bond acceptors (Lipinski definition) is 4. The van der Waals surface area contributed by atoms with E-state index in [0.717, 1.165) is 37.4 Å². The van der Waals surface area contributed by atoms with Gasteiger partial charge in [-0.15, -0.1) is 0 Å². The molecule has 0 amide bonds. The Morgan fingerprint density at radius 3 is 2.75 bits per heavy atom. The molecular formula is C24H28N4. The number of benzene rings is 1. The van der Waals surface area contributed by atoms with Crippen molar-refractivity contribution in [2.45, 2.75) is 38.8 Å². The zero-order valence-electron chi connectivity index (χ0n) is 16.7. The standard InChI is InChI=1S/C24H28N4/c1-18-10-12-19(13-11-18)16-21-7-3-8-22(27-21)23-9-5-15-28(23)17-20-6-4-14-26-24(20)25-2/h3-4,6-8,10-14,23H,5,9,15-17H2,1-2H3,(H,25,26). The Kier molecular flexibility index (Phi) is 5.68. The van der Waals surface area contributed by atoms with Gasteiger partial charge in [0.25, 0.3) is 0 Å². The van der Waals surface area contributed by atoms with Crippen LogP contribution in [0.3, 0.4) is 0 Å². The average Bonchev–Trinajstić information content (AvgIpc) is 3.19. The summed E-state index contributed by atoms with van der Waals surface area (Å²) in [6, 6.07) is 19.8.